The van der Waals surface area contributed by atoms with Crippen LogP contribution in [0.2, 0.25) is 0 Å². The Hall–Kier alpha value is -2.08. The summed E-state index contributed by atoms with van der Waals surface area (Å²) in [4.78, 5) is 38.1. The third-order valence-corrected chi connectivity index (χ3v) is 5.15. The molecule has 1 saturated heterocycles. The molecule has 2 rings (SSSR count). The van der Waals surface area contributed by atoms with E-state index >= 15 is 0 Å². The van der Waals surface area contributed by atoms with E-state index < -0.39 is 0 Å². The van der Waals surface area contributed by atoms with Gasteiger partial charge in [0, 0.05) is 19.0 Å². The number of carbonyl (C=O) groups excluding carboxylic acids is 3. The molecule has 1 heterocycles. The van der Waals surface area contributed by atoms with Gasteiger partial charge in [-0.15, -0.1) is 0 Å². The van der Waals surface area contributed by atoms with Crippen LogP contribution in [0.5, 0.6) is 0 Å². The highest BCUT2D eigenvalue weighted by Crippen LogP contribution is 2.31. The third kappa shape index (κ3) is 4.95. The SMILES string of the molecule is CCC(CC)C(=O)NCCN1C(=O)S/C(=C/c2ccc(C)cc2)C1=O. The Balaban J connectivity index is 1.95. The predicted molar refractivity (Wildman–Crippen MR) is 101 cm³/mol. The minimum absolute atomic E-state index is 0.0173. The first kappa shape index (κ1) is 19.2. The van der Waals surface area contributed by atoms with Crippen molar-refractivity contribution in [2.45, 2.75) is 33.6 Å². The molecule has 1 aromatic rings. The Labute approximate surface area is 152 Å². The van der Waals surface area contributed by atoms with E-state index in [0.29, 0.717) is 4.91 Å². The van der Waals surface area contributed by atoms with Gasteiger partial charge in [0.15, 0.2) is 0 Å². The quantitative estimate of drug-likeness (QED) is 0.755. The van der Waals surface area contributed by atoms with Gasteiger partial charge in [-0.2, -0.15) is 0 Å². The van der Waals surface area contributed by atoms with Gasteiger partial charge in [-0.1, -0.05) is 43.7 Å². The van der Waals surface area contributed by atoms with Crippen molar-refractivity contribution in [1.29, 1.82) is 0 Å². The van der Waals surface area contributed by atoms with Crippen LogP contribution in [0.4, 0.5) is 4.79 Å². The molecule has 0 unspecified atom stereocenters. The molecule has 0 atom stereocenters. The van der Waals surface area contributed by atoms with E-state index in [1.807, 2.05) is 45.0 Å². The van der Waals surface area contributed by atoms with E-state index in [1.165, 1.54) is 4.90 Å². The standard InChI is InChI=1S/C19H24N2O3S/c1-4-15(5-2)17(22)20-10-11-21-18(23)16(25-19(21)24)12-14-8-6-13(3)7-9-14/h6-9,12,15H,4-5,10-11H2,1-3H3,(H,20,22)/b16-12+. The molecule has 25 heavy (non-hydrogen) atoms. The molecule has 0 aromatic heterocycles. The molecule has 0 saturated carbocycles. The van der Waals surface area contributed by atoms with Gasteiger partial charge in [-0.05, 0) is 43.2 Å². The van der Waals surface area contributed by atoms with Crippen LogP contribution in [0.25, 0.3) is 6.08 Å². The fourth-order valence-electron chi connectivity index (χ4n) is 2.60. The Morgan fingerprint density at radius 3 is 2.44 bits per heavy atom. The molecule has 1 N–H and O–H groups in total. The lowest BCUT2D eigenvalue weighted by Crippen LogP contribution is -2.39. The summed E-state index contributed by atoms with van der Waals surface area (Å²) in [7, 11) is 0. The highest BCUT2D eigenvalue weighted by atomic mass is 32.2. The van der Waals surface area contributed by atoms with Crippen LogP contribution in [0.15, 0.2) is 29.2 Å². The van der Waals surface area contributed by atoms with Gasteiger partial charge in [0.25, 0.3) is 11.1 Å². The van der Waals surface area contributed by atoms with Crippen LogP contribution < -0.4 is 5.32 Å². The lowest BCUT2D eigenvalue weighted by molar-refractivity contribution is -0.126. The van der Waals surface area contributed by atoms with E-state index in [2.05, 4.69) is 5.32 Å². The van der Waals surface area contributed by atoms with Crippen LogP contribution >= 0.6 is 11.8 Å². The van der Waals surface area contributed by atoms with Crippen LogP contribution in [0.3, 0.4) is 0 Å². The number of rotatable bonds is 7. The molecular formula is C19H24N2O3S. The van der Waals surface area contributed by atoms with Gasteiger partial charge in [0.05, 0.1) is 4.91 Å². The van der Waals surface area contributed by atoms with Crippen LogP contribution in [-0.2, 0) is 9.59 Å². The van der Waals surface area contributed by atoms with Crippen molar-refractivity contribution in [2.75, 3.05) is 13.1 Å². The number of amides is 3. The first-order valence-corrected chi connectivity index (χ1v) is 9.37. The van der Waals surface area contributed by atoms with Gasteiger partial charge in [-0.25, -0.2) is 0 Å². The molecular weight excluding hydrogens is 336 g/mol. The maximum Gasteiger partial charge on any atom is 0.293 e. The molecule has 134 valence electrons. The maximum absolute atomic E-state index is 12.4. The number of nitrogens with one attached hydrogen (secondary N) is 1. The molecule has 1 aliphatic heterocycles. The van der Waals surface area contributed by atoms with Gasteiger partial charge in [-0.3, -0.25) is 19.3 Å². The molecule has 5 nitrogen and oxygen atoms in total. The van der Waals surface area contributed by atoms with Crippen molar-refractivity contribution < 1.29 is 14.4 Å². The Morgan fingerprint density at radius 1 is 1.20 bits per heavy atom. The molecule has 0 radical (unpaired) electrons. The summed E-state index contributed by atoms with van der Waals surface area (Å²) < 4.78 is 0. The Bertz CT molecular complexity index is 678. The predicted octanol–water partition coefficient (Wildman–Crippen LogP) is 3.58. The lowest BCUT2D eigenvalue weighted by atomic mass is 10.0. The Morgan fingerprint density at radius 2 is 1.84 bits per heavy atom. The van der Waals surface area contributed by atoms with E-state index in [4.69, 9.17) is 0 Å². The summed E-state index contributed by atoms with van der Waals surface area (Å²) in [5.41, 5.74) is 2.02. The second-order valence-electron chi connectivity index (χ2n) is 6.05. The van der Waals surface area contributed by atoms with Crippen molar-refractivity contribution in [3.8, 4) is 0 Å². The van der Waals surface area contributed by atoms with Crippen LogP contribution in [0, 0.1) is 12.8 Å². The number of hydrogen-bond donors (Lipinski definition) is 1. The molecule has 0 aliphatic carbocycles. The lowest BCUT2D eigenvalue weighted by Gasteiger charge is -2.15. The largest absolute Gasteiger partial charge is 0.354 e. The molecule has 0 spiro atoms. The summed E-state index contributed by atoms with van der Waals surface area (Å²) >= 11 is 0.941. The zero-order valence-corrected chi connectivity index (χ0v) is 15.7. The fraction of sp³-hybridized carbons (Fsp3) is 0.421. The topological polar surface area (TPSA) is 66.5 Å². The highest BCUT2D eigenvalue weighted by molar-refractivity contribution is 8.18. The van der Waals surface area contributed by atoms with Crippen molar-refractivity contribution >= 4 is 34.9 Å². The van der Waals surface area contributed by atoms with E-state index in [0.717, 1.165) is 35.7 Å². The molecule has 1 aliphatic rings. The molecule has 1 fully saturated rings. The van der Waals surface area contributed by atoms with Crippen molar-refractivity contribution in [2.24, 2.45) is 5.92 Å². The third-order valence-electron chi connectivity index (χ3n) is 4.24. The van der Waals surface area contributed by atoms with Crippen molar-refractivity contribution in [1.82, 2.24) is 10.2 Å². The fourth-order valence-corrected chi connectivity index (χ4v) is 3.47. The average Bonchev–Trinajstić information content (AvgIpc) is 2.85. The van der Waals surface area contributed by atoms with Gasteiger partial charge in [0.2, 0.25) is 5.91 Å². The zero-order chi connectivity index (χ0) is 18.4. The van der Waals surface area contributed by atoms with E-state index in [-0.39, 0.29) is 36.1 Å². The monoisotopic (exact) mass is 360 g/mol. The summed E-state index contributed by atoms with van der Waals surface area (Å²) in [5.74, 6) is -0.337. The van der Waals surface area contributed by atoms with Crippen LogP contribution in [0.1, 0.15) is 37.8 Å². The average molecular weight is 360 g/mol. The number of thioether (sulfide) groups is 1. The molecule has 1 aromatic carbocycles. The zero-order valence-electron chi connectivity index (χ0n) is 14.9. The number of imide groups is 1. The highest BCUT2D eigenvalue weighted by Gasteiger charge is 2.34. The van der Waals surface area contributed by atoms with E-state index in [1.54, 1.807) is 6.08 Å². The molecule has 6 heteroatoms. The first-order chi connectivity index (χ1) is 12.0. The minimum atomic E-state index is -0.299. The van der Waals surface area contributed by atoms with Gasteiger partial charge >= 0.3 is 0 Å². The number of benzene rings is 1. The van der Waals surface area contributed by atoms with E-state index in [9.17, 15) is 14.4 Å². The normalized spacial score (nSPS) is 16.2. The van der Waals surface area contributed by atoms with Crippen molar-refractivity contribution in [3.63, 3.8) is 0 Å². The van der Waals surface area contributed by atoms with Gasteiger partial charge in [0.1, 0.15) is 0 Å². The molecule has 3 amide bonds. The molecule has 0 bridgehead atoms. The number of carbonyl (C=O) groups is 3. The second-order valence-corrected chi connectivity index (χ2v) is 7.04. The number of aryl methyl sites for hydroxylation is 1. The van der Waals surface area contributed by atoms with Crippen LogP contribution in [-0.4, -0.2) is 35.0 Å². The summed E-state index contributed by atoms with van der Waals surface area (Å²) in [6.45, 7) is 6.42. The summed E-state index contributed by atoms with van der Waals surface area (Å²) in [6.07, 6.45) is 3.29. The summed E-state index contributed by atoms with van der Waals surface area (Å²) in [6, 6.07) is 7.76. The maximum atomic E-state index is 12.4. The van der Waals surface area contributed by atoms with Crippen molar-refractivity contribution in [3.05, 3.63) is 40.3 Å². The van der Waals surface area contributed by atoms with Gasteiger partial charge < -0.3 is 5.32 Å². The second kappa shape index (κ2) is 8.85. The minimum Gasteiger partial charge on any atom is -0.354 e. The Kier molecular flexibility index (Phi) is 6.82. The first-order valence-electron chi connectivity index (χ1n) is 8.56. The number of hydrogen-bond acceptors (Lipinski definition) is 4. The smallest absolute Gasteiger partial charge is 0.293 e. The summed E-state index contributed by atoms with van der Waals surface area (Å²) in [5, 5.41) is 2.52. The number of nitrogens with zero attached hydrogens (tertiary/aromatic N) is 1.